The lowest BCUT2D eigenvalue weighted by molar-refractivity contribution is -0.136. The number of carbonyl (C=O) groups is 1. The molecule has 0 radical (unpaired) electrons. The summed E-state index contributed by atoms with van der Waals surface area (Å²) in [5.41, 5.74) is 1.88. The van der Waals surface area contributed by atoms with Crippen molar-refractivity contribution in [1.29, 1.82) is 0 Å². The van der Waals surface area contributed by atoms with Crippen molar-refractivity contribution in [2.75, 3.05) is 0 Å². The molecule has 0 fully saturated rings. The van der Waals surface area contributed by atoms with Gasteiger partial charge in [0, 0.05) is 18.9 Å². The normalized spacial score (nSPS) is 10.4. The third-order valence-electron chi connectivity index (χ3n) is 2.72. The van der Waals surface area contributed by atoms with Gasteiger partial charge in [-0.2, -0.15) is 0 Å². The number of aryl methyl sites for hydroxylation is 1. The molecule has 4 heteroatoms. The van der Waals surface area contributed by atoms with Crippen molar-refractivity contribution in [3.05, 3.63) is 53.6 Å². The second-order valence-electron chi connectivity index (χ2n) is 3.94. The first-order valence-corrected chi connectivity index (χ1v) is 5.43. The second-order valence-corrected chi connectivity index (χ2v) is 3.94. The summed E-state index contributed by atoms with van der Waals surface area (Å²) in [6.07, 6.45) is 3.70. The Bertz CT molecular complexity index is 532. The molecule has 0 spiro atoms. The highest BCUT2D eigenvalue weighted by Gasteiger charge is 2.07. The van der Waals surface area contributed by atoms with E-state index in [1.807, 2.05) is 42.0 Å². The van der Waals surface area contributed by atoms with Crippen molar-refractivity contribution >= 4 is 5.97 Å². The van der Waals surface area contributed by atoms with E-state index in [9.17, 15) is 4.79 Å². The van der Waals surface area contributed by atoms with E-state index in [1.165, 1.54) is 0 Å². The lowest BCUT2D eigenvalue weighted by Gasteiger charge is -2.09. The molecule has 1 heterocycles. The highest BCUT2D eigenvalue weighted by molar-refractivity contribution is 5.70. The molecule has 1 N–H and O–H groups in total. The number of nitrogens with zero attached hydrogens (tertiary/aromatic N) is 2. The molecule has 4 nitrogen and oxygen atoms in total. The lowest BCUT2D eigenvalue weighted by Crippen LogP contribution is -2.07. The van der Waals surface area contributed by atoms with Gasteiger partial charge in [-0.05, 0) is 18.1 Å². The minimum atomic E-state index is -0.806. The average molecular weight is 230 g/mol. The number of carboxylic acid groups (broad SMARTS) is 1. The minimum Gasteiger partial charge on any atom is -0.481 e. The fraction of sp³-hybridized carbons (Fsp3) is 0.231. The number of hydrogen-bond donors (Lipinski definition) is 1. The molecule has 1 aromatic carbocycles. The van der Waals surface area contributed by atoms with Gasteiger partial charge in [-0.25, -0.2) is 4.98 Å². The van der Waals surface area contributed by atoms with Crippen LogP contribution in [0.4, 0.5) is 0 Å². The largest absolute Gasteiger partial charge is 0.481 e. The summed E-state index contributed by atoms with van der Waals surface area (Å²) in [7, 11) is 0. The topological polar surface area (TPSA) is 55.1 Å². The molecule has 0 atom stereocenters. The molecule has 0 saturated heterocycles. The van der Waals surface area contributed by atoms with Crippen LogP contribution in [0.2, 0.25) is 0 Å². The molecular formula is C13H14N2O2. The fourth-order valence-electron chi connectivity index (χ4n) is 1.80. The maximum Gasteiger partial charge on any atom is 0.307 e. The van der Waals surface area contributed by atoms with Gasteiger partial charge in [0.15, 0.2) is 0 Å². The maximum absolute atomic E-state index is 10.8. The molecule has 0 bridgehead atoms. The Labute approximate surface area is 99.5 Å². The number of rotatable bonds is 4. The summed E-state index contributed by atoms with van der Waals surface area (Å²) in [6, 6.07) is 7.60. The van der Waals surface area contributed by atoms with Gasteiger partial charge >= 0.3 is 5.97 Å². The van der Waals surface area contributed by atoms with Crippen molar-refractivity contribution < 1.29 is 9.90 Å². The van der Waals surface area contributed by atoms with E-state index in [0.717, 1.165) is 17.0 Å². The van der Waals surface area contributed by atoms with Crippen LogP contribution in [0.15, 0.2) is 36.7 Å². The number of benzene rings is 1. The van der Waals surface area contributed by atoms with Crippen LogP contribution in [0.5, 0.6) is 0 Å². The summed E-state index contributed by atoms with van der Waals surface area (Å²) >= 11 is 0. The number of hydrogen-bond acceptors (Lipinski definition) is 2. The zero-order chi connectivity index (χ0) is 12.3. The molecule has 0 aliphatic heterocycles. The highest BCUT2D eigenvalue weighted by Crippen LogP contribution is 2.12. The third kappa shape index (κ3) is 2.72. The molecule has 17 heavy (non-hydrogen) atoms. The molecule has 1 aromatic heterocycles. The molecule has 0 saturated carbocycles. The van der Waals surface area contributed by atoms with Crippen LogP contribution in [0.1, 0.15) is 17.0 Å². The van der Waals surface area contributed by atoms with Crippen molar-refractivity contribution in [2.45, 2.75) is 19.9 Å². The predicted molar refractivity (Wildman–Crippen MR) is 63.8 cm³/mol. The van der Waals surface area contributed by atoms with Gasteiger partial charge in [0.05, 0.1) is 6.42 Å². The minimum absolute atomic E-state index is 0.0594. The number of carboxylic acids is 1. The van der Waals surface area contributed by atoms with Crippen LogP contribution in [0.3, 0.4) is 0 Å². The fourth-order valence-corrected chi connectivity index (χ4v) is 1.80. The van der Waals surface area contributed by atoms with E-state index < -0.39 is 5.97 Å². The summed E-state index contributed by atoms with van der Waals surface area (Å²) in [5, 5.41) is 8.85. The van der Waals surface area contributed by atoms with Crippen LogP contribution < -0.4 is 0 Å². The Morgan fingerprint density at radius 1 is 1.35 bits per heavy atom. The number of imidazole rings is 1. The van der Waals surface area contributed by atoms with E-state index in [2.05, 4.69) is 4.98 Å². The van der Waals surface area contributed by atoms with Gasteiger partial charge in [-0.15, -0.1) is 0 Å². The third-order valence-corrected chi connectivity index (χ3v) is 2.72. The highest BCUT2D eigenvalue weighted by atomic mass is 16.4. The van der Waals surface area contributed by atoms with E-state index >= 15 is 0 Å². The Hall–Kier alpha value is -2.10. The van der Waals surface area contributed by atoms with Crippen molar-refractivity contribution in [2.24, 2.45) is 0 Å². The van der Waals surface area contributed by atoms with Gasteiger partial charge < -0.3 is 9.67 Å². The van der Waals surface area contributed by atoms with Gasteiger partial charge in [-0.1, -0.05) is 24.3 Å². The first-order chi connectivity index (χ1) is 8.16. The Kier molecular flexibility index (Phi) is 3.23. The van der Waals surface area contributed by atoms with Crippen LogP contribution >= 0.6 is 0 Å². The van der Waals surface area contributed by atoms with Gasteiger partial charge in [-0.3, -0.25) is 4.79 Å². The first kappa shape index (κ1) is 11.4. The maximum atomic E-state index is 10.8. The van der Waals surface area contributed by atoms with E-state index in [4.69, 9.17) is 5.11 Å². The predicted octanol–water partition coefficient (Wildman–Crippen LogP) is 1.87. The molecule has 88 valence electrons. The van der Waals surface area contributed by atoms with Gasteiger partial charge in [0.1, 0.15) is 5.82 Å². The van der Waals surface area contributed by atoms with Crippen LogP contribution in [-0.4, -0.2) is 20.6 Å². The van der Waals surface area contributed by atoms with Gasteiger partial charge in [0.25, 0.3) is 0 Å². The number of aliphatic carboxylic acids is 1. The van der Waals surface area contributed by atoms with Crippen LogP contribution in [-0.2, 0) is 17.8 Å². The molecule has 0 unspecified atom stereocenters. The Balaban J connectivity index is 2.26. The zero-order valence-corrected chi connectivity index (χ0v) is 9.63. The Morgan fingerprint density at radius 3 is 2.65 bits per heavy atom. The molecule has 0 amide bonds. The molecule has 2 rings (SSSR count). The molecular weight excluding hydrogens is 216 g/mol. The molecule has 0 aliphatic rings. The van der Waals surface area contributed by atoms with Crippen molar-refractivity contribution in [1.82, 2.24) is 9.55 Å². The SMILES string of the molecule is Cc1nccn1Cc1ccccc1CC(=O)O. The van der Waals surface area contributed by atoms with Crippen LogP contribution in [0, 0.1) is 6.92 Å². The van der Waals surface area contributed by atoms with Crippen molar-refractivity contribution in [3.8, 4) is 0 Å². The summed E-state index contributed by atoms with van der Waals surface area (Å²) in [6.45, 7) is 2.59. The first-order valence-electron chi connectivity index (χ1n) is 5.43. The van der Waals surface area contributed by atoms with Crippen molar-refractivity contribution in [3.63, 3.8) is 0 Å². The average Bonchev–Trinajstić information content (AvgIpc) is 2.67. The zero-order valence-electron chi connectivity index (χ0n) is 9.63. The second kappa shape index (κ2) is 4.82. The summed E-state index contributed by atoms with van der Waals surface area (Å²) in [5.74, 6) is 0.120. The van der Waals surface area contributed by atoms with E-state index in [-0.39, 0.29) is 6.42 Å². The van der Waals surface area contributed by atoms with E-state index in [1.54, 1.807) is 6.20 Å². The quantitative estimate of drug-likeness (QED) is 0.872. The van der Waals surface area contributed by atoms with Gasteiger partial charge in [0.2, 0.25) is 0 Å². The standard InChI is InChI=1S/C13H14N2O2/c1-10-14-6-7-15(10)9-12-5-3-2-4-11(12)8-13(16)17/h2-7H,8-9H2,1H3,(H,16,17). The molecule has 2 aromatic rings. The lowest BCUT2D eigenvalue weighted by atomic mass is 10.0. The monoisotopic (exact) mass is 230 g/mol. The molecule has 0 aliphatic carbocycles. The smallest absolute Gasteiger partial charge is 0.307 e. The summed E-state index contributed by atoms with van der Waals surface area (Å²) < 4.78 is 2.00. The van der Waals surface area contributed by atoms with E-state index in [0.29, 0.717) is 6.54 Å². The summed E-state index contributed by atoms with van der Waals surface area (Å²) in [4.78, 5) is 14.9. The van der Waals surface area contributed by atoms with Crippen LogP contribution in [0.25, 0.3) is 0 Å². The Morgan fingerprint density at radius 2 is 2.06 bits per heavy atom. The number of aromatic nitrogens is 2.